The van der Waals surface area contributed by atoms with E-state index in [9.17, 15) is 8.42 Å². The third-order valence-electron chi connectivity index (χ3n) is 2.83. The van der Waals surface area contributed by atoms with Gasteiger partial charge in [-0.2, -0.15) is 0 Å². The van der Waals surface area contributed by atoms with Crippen LogP contribution in [0.4, 0.5) is 11.4 Å². The highest BCUT2D eigenvalue weighted by molar-refractivity contribution is 9.10. The molecule has 0 unspecified atom stereocenters. The van der Waals surface area contributed by atoms with Gasteiger partial charge in [0, 0.05) is 14.6 Å². The number of nitrogen functional groups attached to an aromatic ring is 1. The van der Waals surface area contributed by atoms with Crippen LogP contribution in [0.1, 0.15) is 5.56 Å². The molecule has 0 aliphatic rings. The third kappa shape index (κ3) is 3.71. The first-order valence-electron chi connectivity index (χ1n) is 5.74. The molecule has 0 spiro atoms. The zero-order valence-electron chi connectivity index (χ0n) is 10.8. The number of hydrogen-bond acceptors (Lipinski definition) is 3. The molecule has 0 atom stereocenters. The molecule has 0 radical (unpaired) electrons. The van der Waals surface area contributed by atoms with Crippen LogP contribution in [0, 0.1) is 6.92 Å². The minimum absolute atomic E-state index is 0.119. The van der Waals surface area contributed by atoms with Gasteiger partial charge in [0.2, 0.25) is 0 Å². The fraction of sp³-hybridized carbons (Fsp3) is 0.0769. The fourth-order valence-electron chi connectivity index (χ4n) is 1.72. The molecule has 8 heteroatoms. The van der Waals surface area contributed by atoms with Crippen molar-refractivity contribution in [3.63, 3.8) is 0 Å². The van der Waals surface area contributed by atoms with E-state index in [1.54, 1.807) is 25.1 Å². The first kappa shape index (κ1) is 16.6. The molecular weight excluding hydrogens is 443 g/mol. The smallest absolute Gasteiger partial charge is 0.262 e. The number of halogens is 3. The predicted octanol–water partition coefficient (Wildman–Crippen LogP) is 4.56. The van der Waals surface area contributed by atoms with E-state index in [1.807, 2.05) is 0 Å². The van der Waals surface area contributed by atoms with Crippen LogP contribution >= 0.6 is 43.5 Å². The molecule has 0 amide bonds. The molecule has 0 aromatic heterocycles. The summed E-state index contributed by atoms with van der Waals surface area (Å²) in [6.45, 7) is 1.66. The van der Waals surface area contributed by atoms with Gasteiger partial charge in [-0.05, 0) is 58.7 Å². The van der Waals surface area contributed by atoms with Gasteiger partial charge in [-0.25, -0.2) is 8.42 Å². The minimum Gasteiger partial charge on any atom is -0.398 e. The normalized spacial score (nSPS) is 11.4. The van der Waals surface area contributed by atoms with Crippen molar-refractivity contribution in [2.45, 2.75) is 11.8 Å². The molecular formula is C13H11Br2ClN2O2S. The van der Waals surface area contributed by atoms with E-state index in [1.165, 1.54) is 12.1 Å². The van der Waals surface area contributed by atoms with E-state index in [-0.39, 0.29) is 4.90 Å². The Bertz CT molecular complexity index is 810. The van der Waals surface area contributed by atoms with Crippen LogP contribution in [-0.4, -0.2) is 8.42 Å². The van der Waals surface area contributed by atoms with Crippen molar-refractivity contribution >= 4 is 64.9 Å². The summed E-state index contributed by atoms with van der Waals surface area (Å²) in [5.41, 5.74) is 7.08. The van der Waals surface area contributed by atoms with Gasteiger partial charge in [-0.3, -0.25) is 4.72 Å². The topological polar surface area (TPSA) is 72.2 Å². The first-order valence-corrected chi connectivity index (χ1v) is 9.19. The molecule has 21 heavy (non-hydrogen) atoms. The molecule has 0 fully saturated rings. The van der Waals surface area contributed by atoms with E-state index in [0.717, 1.165) is 0 Å². The Labute approximate surface area is 145 Å². The maximum atomic E-state index is 12.5. The Hall–Kier alpha value is -0.760. The van der Waals surface area contributed by atoms with Gasteiger partial charge in [0.15, 0.2) is 0 Å². The number of benzene rings is 2. The van der Waals surface area contributed by atoms with Gasteiger partial charge >= 0.3 is 0 Å². The first-order chi connectivity index (χ1) is 9.70. The van der Waals surface area contributed by atoms with Crippen molar-refractivity contribution in [2.24, 2.45) is 0 Å². The van der Waals surface area contributed by atoms with Crippen molar-refractivity contribution < 1.29 is 8.42 Å². The maximum absolute atomic E-state index is 12.5. The minimum atomic E-state index is -3.75. The molecule has 2 rings (SSSR count). The van der Waals surface area contributed by atoms with Crippen LogP contribution in [-0.2, 0) is 10.0 Å². The molecule has 3 N–H and O–H groups in total. The van der Waals surface area contributed by atoms with Crippen LogP contribution in [0.3, 0.4) is 0 Å². The lowest BCUT2D eigenvalue weighted by atomic mass is 10.2. The highest BCUT2D eigenvalue weighted by atomic mass is 79.9. The average molecular weight is 455 g/mol. The monoisotopic (exact) mass is 452 g/mol. The second kappa shape index (κ2) is 6.16. The number of nitrogens with one attached hydrogen (secondary N) is 1. The Morgan fingerprint density at radius 1 is 1.19 bits per heavy atom. The second-order valence-corrected chi connectivity index (χ2v) is 8.18. The van der Waals surface area contributed by atoms with E-state index in [0.29, 0.717) is 30.9 Å². The van der Waals surface area contributed by atoms with Crippen molar-refractivity contribution in [1.82, 2.24) is 0 Å². The van der Waals surface area contributed by atoms with Crippen molar-refractivity contribution in [3.05, 3.63) is 49.9 Å². The Balaban J connectivity index is 2.45. The van der Waals surface area contributed by atoms with E-state index in [2.05, 4.69) is 36.6 Å². The molecule has 0 bridgehead atoms. The SMILES string of the molecule is Cc1c(N)cc(Br)cc1S(=O)(=O)Nc1ccc(Br)c(Cl)c1. The summed E-state index contributed by atoms with van der Waals surface area (Å²) in [7, 11) is -3.75. The van der Waals surface area contributed by atoms with E-state index in [4.69, 9.17) is 17.3 Å². The lowest BCUT2D eigenvalue weighted by molar-refractivity contribution is 0.600. The van der Waals surface area contributed by atoms with Crippen LogP contribution in [0.2, 0.25) is 5.02 Å². The van der Waals surface area contributed by atoms with Gasteiger partial charge in [-0.1, -0.05) is 27.5 Å². The summed E-state index contributed by atoms with van der Waals surface area (Å²) in [6.07, 6.45) is 0. The third-order valence-corrected chi connectivity index (χ3v) is 6.02. The fourth-order valence-corrected chi connectivity index (χ4v) is 4.13. The van der Waals surface area contributed by atoms with Crippen LogP contribution < -0.4 is 10.5 Å². The molecule has 112 valence electrons. The van der Waals surface area contributed by atoms with Gasteiger partial charge in [0.05, 0.1) is 15.6 Å². The summed E-state index contributed by atoms with van der Waals surface area (Å²) < 4.78 is 28.7. The largest absolute Gasteiger partial charge is 0.398 e. The summed E-state index contributed by atoms with van der Waals surface area (Å²) >= 11 is 12.5. The number of nitrogens with two attached hydrogens (primary N) is 1. The number of anilines is 2. The summed E-state index contributed by atoms with van der Waals surface area (Å²) in [4.78, 5) is 0.119. The molecule has 0 heterocycles. The zero-order valence-corrected chi connectivity index (χ0v) is 15.6. The molecule has 0 aliphatic carbocycles. The van der Waals surface area contributed by atoms with Crippen molar-refractivity contribution in [1.29, 1.82) is 0 Å². The van der Waals surface area contributed by atoms with Crippen molar-refractivity contribution in [3.8, 4) is 0 Å². The second-order valence-electron chi connectivity index (χ2n) is 4.35. The average Bonchev–Trinajstić information content (AvgIpc) is 2.37. The molecule has 0 saturated heterocycles. The standard InChI is InChI=1S/C13H11Br2ClN2O2S/c1-7-12(17)4-8(14)5-13(7)21(19,20)18-9-2-3-10(15)11(16)6-9/h2-6,18H,17H2,1H3. The Morgan fingerprint density at radius 2 is 1.86 bits per heavy atom. The van der Waals surface area contributed by atoms with Gasteiger partial charge in [0.1, 0.15) is 0 Å². The highest BCUT2D eigenvalue weighted by Crippen LogP contribution is 2.30. The predicted molar refractivity (Wildman–Crippen MR) is 93.3 cm³/mol. The van der Waals surface area contributed by atoms with E-state index >= 15 is 0 Å². The summed E-state index contributed by atoms with van der Waals surface area (Å²) in [5.74, 6) is 0. The molecule has 0 aliphatic heterocycles. The molecule has 2 aromatic rings. The number of sulfonamides is 1. The maximum Gasteiger partial charge on any atom is 0.262 e. The van der Waals surface area contributed by atoms with E-state index < -0.39 is 10.0 Å². The van der Waals surface area contributed by atoms with Crippen LogP contribution in [0.5, 0.6) is 0 Å². The van der Waals surface area contributed by atoms with Gasteiger partial charge < -0.3 is 5.73 Å². The number of hydrogen-bond donors (Lipinski definition) is 2. The number of rotatable bonds is 3. The molecule has 4 nitrogen and oxygen atoms in total. The van der Waals surface area contributed by atoms with Crippen molar-refractivity contribution in [2.75, 3.05) is 10.5 Å². The van der Waals surface area contributed by atoms with Gasteiger partial charge in [-0.15, -0.1) is 0 Å². The summed E-state index contributed by atoms with van der Waals surface area (Å²) in [6, 6.07) is 7.98. The Morgan fingerprint density at radius 3 is 2.48 bits per heavy atom. The Kier molecular flexibility index (Phi) is 4.87. The van der Waals surface area contributed by atoms with Crippen LogP contribution in [0.25, 0.3) is 0 Å². The van der Waals surface area contributed by atoms with Gasteiger partial charge in [0.25, 0.3) is 10.0 Å². The molecule has 0 saturated carbocycles. The van der Waals surface area contributed by atoms with Crippen LogP contribution in [0.15, 0.2) is 44.2 Å². The molecule has 2 aromatic carbocycles. The highest BCUT2D eigenvalue weighted by Gasteiger charge is 2.19. The zero-order chi connectivity index (χ0) is 15.8. The quantitative estimate of drug-likeness (QED) is 0.668. The lowest BCUT2D eigenvalue weighted by Gasteiger charge is -2.13. The summed E-state index contributed by atoms with van der Waals surface area (Å²) in [5, 5.41) is 0.417. The lowest BCUT2D eigenvalue weighted by Crippen LogP contribution is -2.15.